The molecule has 152 valence electrons. The first-order chi connectivity index (χ1) is 14.1. The van der Waals surface area contributed by atoms with Gasteiger partial charge in [0.25, 0.3) is 5.91 Å². The number of benzene rings is 2. The van der Waals surface area contributed by atoms with E-state index in [4.69, 9.17) is 9.47 Å². The highest BCUT2D eigenvalue weighted by Crippen LogP contribution is 2.41. The van der Waals surface area contributed by atoms with Crippen molar-refractivity contribution in [1.29, 1.82) is 0 Å². The SMILES string of the molecule is COCCCNC(=O)CN1C(=O)C(=Cc2ccc(OC)cc2)Sc2ccccc21. The number of fused-ring (bicyclic) bond motifs is 1. The Morgan fingerprint density at radius 1 is 1.14 bits per heavy atom. The van der Waals surface area contributed by atoms with Gasteiger partial charge >= 0.3 is 0 Å². The predicted octanol–water partition coefficient (Wildman–Crippen LogP) is 3.33. The largest absolute Gasteiger partial charge is 0.497 e. The lowest BCUT2D eigenvalue weighted by molar-refractivity contribution is -0.122. The zero-order valence-corrected chi connectivity index (χ0v) is 17.3. The molecule has 0 spiro atoms. The summed E-state index contributed by atoms with van der Waals surface area (Å²) in [5, 5.41) is 2.84. The van der Waals surface area contributed by atoms with E-state index in [-0.39, 0.29) is 18.4 Å². The molecular weight excluding hydrogens is 388 g/mol. The van der Waals surface area contributed by atoms with Crippen LogP contribution in [0.5, 0.6) is 5.75 Å². The van der Waals surface area contributed by atoms with Crippen LogP contribution in [0, 0.1) is 0 Å². The van der Waals surface area contributed by atoms with Crippen LogP contribution in [0.15, 0.2) is 58.3 Å². The number of ether oxygens (including phenoxy) is 2. The molecule has 1 aliphatic heterocycles. The number of carbonyl (C=O) groups is 2. The van der Waals surface area contributed by atoms with E-state index >= 15 is 0 Å². The van der Waals surface area contributed by atoms with Crippen molar-refractivity contribution in [2.24, 2.45) is 0 Å². The number of carbonyl (C=O) groups excluding carboxylic acids is 2. The van der Waals surface area contributed by atoms with Gasteiger partial charge in [-0.3, -0.25) is 14.5 Å². The lowest BCUT2D eigenvalue weighted by Gasteiger charge is -2.29. The molecule has 2 amide bonds. The van der Waals surface area contributed by atoms with Gasteiger partial charge in [-0.2, -0.15) is 0 Å². The van der Waals surface area contributed by atoms with Gasteiger partial charge in [0.15, 0.2) is 0 Å². The molecule has 0 fully saturated rings. The number of para-hydroxylation sites is 1. The van der Waals surface area contributed by atoms with Gasteiger partial charge < -0.3 is 14.8 Å². The van der Waals surface area contributed by atoms with E-state index in [9.17, 15) is 9.59 Å². The number of anilines is 1. The summed E-state index contributed by atoms with van der Waals surface area (Å²) in [7, 11) is 3.24. The second-order valence-corrected chi connectivity index (χ2v) is 7.52. The summed E-state index contributed by atoms with van der Waals surface area (Å²) in [4.78, 5) is 28.6. The highest BCUT2D eigenvalue weighted by Gasteiger charge is 2.30. The van der Waals surface area contributed by atoms with E-state index in [1.54, 1.807) is 14.2 Å². The van der Waals surface area contributed by atoms with Crippen LogP contribution in [-0.2, 0) is 14.3 Å². The Balaban J connectivity index is 1.80. The molecule has 0 bridgehead atoms. The minimum atomic E-state index is -0.194. The van der Waals surface area contributed by atoms with Crippen molar-refractivity contribution < 1.29 is 19.1 Å². The van der Waals surface area contributed by atoms with Crippen molar-refractivity contribution in [3.8, 4) is 5.75 Å². The molecule has 7 heteroatoms. The maximum atomic E-state index is 13.1. The van der Waals surface area contributed by atoms with E-state index in [2.05, 4.69) is 5.32 Å². The van der Waals surface area contributed by atoms with E-state index in [0.29, 0.717) is 18.1 Å². The van der Waals surface area contributed by atoms with Crippen LogP contribution in [0.4, 0.5) is 5.69 Å². The van der Waals surface area contributed by atoms with Gasteiger partial charge in [-0.1, -0.05) is 36.0 Å². The first-order valence-corrected chi connectivity index (χ1v) is 10.1. The van der Waals surface area contributed by atoms with Crippen LogP contribution in [0.3, 0.4) is 0 Å². The Kier molecular flexibility index (Phi) is 7.32. The standard InChI is InChI=1S/C22H24N2O4S/c1-27-13-5-12-23-21(25)15-24-18-6-3-4-7-19(18)29-20(22(24)26)14-16-8-10-17(28-2)11-9-16/h3-4,6-11,14H,5,12-13,15H2,1-2H3,(H,23,25). The minimum Gasteiger partial charge on any atom is -0.497 e. The number of nitrogens with zero attached hydrogens (tertiary/aromatic N) is 1. The highest BCUT2D eigenvalue weighted by atomic mass is 32.2. The first-order valence-electron chi connectivity index (χ1n) is 9.32. The third-order valence-corrected chi connectivity index (χ3v) is 5.47. The molecule has 0 radical (unpaired) electrons. The summed E-state index contributed by atoms with van der Waals surface area (Å²) in [6.07, 6.45) is 2.57. The maximum Gasteiger partial charge on any atom is 0.265 e. The van der Waals surface area contributed by atoms with E-state index < -0.39 is 0 Å². The molecule has 1 N–H and O–H groups in total. The van der Waals surface area contributed by atoms with Crippen LogP contribution in [-0.4, -0.2) is 45.7 Å². The zero-order valence-electron chi connectivity index (χ0n) is 16.5. The van der Waals surface area contributed by atoms with Gasteiger partial charge in [-0.25, -0.2) is 0 Å². The summed E-state index contributed by atoms with van der Waals surface area (Å²) in [5.41, 5.74) is 1.64. The van der Waals surface area contributed by atoms with Gasteiger partial charge in [0.05, 0.1) is 17.7 Å². The van der Waals surface area contributed by atoms with Crippen molar-refractivity contribution >= 4 is 35.3 Å². The molecule has 2 aromatic rings. The molecule has 1 heterocycles. The first kappa shape index (κ1) is 21.0. The summed E-state index contributed by atoms with van der Waals surface area (Å²) in [6.45, 7) is 1.07. The van der Waals surface area contributed by atoms with Gasteiger partial charge in [0, 0.05) is 25.2 Å². The third kappa shape index (κ3) is 5.40. The second-order valence-electron chi connectivity index (χ2n) is 6.44. The van der Waals surface area contributed by atoms with Gasteiger partial charge in [-0.05, 0) is 42.3 Å². The number of rotatable bonds is 8. The summed E-state index contributed by atoms with van der Waals surface area (Å²) >= 11 is 1.42. The predicted molar refractivity (Wildman–Crippen MR) is 115 cm³/mol. The van der Waals surface area contributed by atoms with Crippen LogP contribution in [0.2, 0.25) is 0 Å². The molecule has 0 aromatic heterocycles. The zero-order chi connectivity index (χ0) is 20.6. The average molecular weight is 413 g/mol. The Bertz CT molecular complexity index is 896. The second kappa shape index (κ2) is 10.1. The topological polar surface area (TPSA) is 67.9 Å². The molecule has 6 nitrogen and oxygen atoms in total. The summed E-state index contributed by atoms with van der Waals surface area (Å²) in [5.74, 6) is 0.378. The molecule has 0 atom stereocenters. The fraction of sp³-hybridized carbons (Fsp3) is 0.273. The number of nitrogens with one attached hydrogen (secondary N) is 1. The molecule has 29 heavy (non-hydrogen) atoms. The third-order valence-electron chi connectivity index (χ3n) is 4.39. The van der Waals surface area contributed by atoms with Gasteiger partial charge in [0.1, 0.15) is 12.3 Å². The van der Waals surface area contributed by atoms with Crippen molar-refractivity contribution in [1.82, 2.24) is 5.32 Å². The van der Waals surface area contributed by atoms with Crippen molar-refractivity contribution in [3.05, 3.63) is 59.0 Å². The lowest BCUT2D eigenvalue weighted by Crippen LogP contribution is -2.43. The number of methoxy groups -OCH3 is 2. The van der Waals surface area contributed by atoms with Crippen LogP contribution < -0.4 is 15.0 Å². The quantitative estimate of drug-likeness (QED) is 0.532. The van der Waals surface area contributed by atoms with E-state index in [1.807, 2.05) is 54.6 Å². The summed E-state index contributed by atoms with van der Waals surface area (Å²) in [6, 6.07) is 15.1. The van der Waals surface area contributed by atoms with Crippen molar-refractivity contribution in [3.63, 3.8) is 0 Å². The highest BCUT2D eigenvalue weighted by molar-refractivity contribution is 8.04. The number of amides is 2. The molecule has 0 saturated carbocycles. The van der Waals surface area contributed by atoms with Crippen LogP contribution >= 0.6 is 11.8 Å². The Labute approximate surface area is 174 Å². The number of thioether (sulfide) groups is 1. The monoisotopic (exact) mass is 412 g/mol. The molecular formula is C22H24N2O4S. The molecule has 0 aliphatic carbocycles. The summed E-state index contributed by atoms with van der Waals surface area (Å²) < 4.78 is 10.2. The molecule has 0 saturated heterocycles. The van der Waals surface area contributed by atoms with Crippen molar-refractivity contribution in [2.45, 2.75) is 11.3 Å². The molecule has 2 aromatic carbocycles. The van der Waals surface area contributed by atoms with Gasteiger partial charge in [0.2, 0.25) is 5.91 Å². The Hall–Kier alpha value is -2.77. The molecule has 0 unspecified atom stereocenters. The fourth-order valence-corrected chi connectivity index (χ4v) is 3.97. The van der Waals surface area contributed by atoms with Crippen LogP contribution in [0.25, 0.3) is 6.08 Å². The van der Waals surface area contributed by atoms with Crippen LogP contribution in [0.1, 0.15) is 12.0 Å². The maximum absolute atomic E-state index is 13.1. The number of hydrogen-bond acceptors (Lipinski definition) is 5. The number of hydrogen-bond donors (Lipinski definition) is 1. The van der Waals surface area contributed by atoms with E-state index in [1.165, 1.54) is 16.7 Å². The minimum absolute atomic E-state index is 0.0245. The Morgan fingerprint density at radius 3 is 2.62 bits per heavy atom. The normalized spacial score (nSPS) is 14.6. The smallest absolute Gasteiger partial charge is 0.265 e. The van der Waals surface area contributed by atoms with Crippen molar-refractivity contribution in [2.75, 3.05) is 38.8 Å². The molecule has 1 aliphatic rings. The molecule has 3 rings (SSSR count). The lowest BCUT2D eigenvalue weighted by atomic mass is 10.2. The van der Waals surface area contributed by atoms with Gasteiger partial charge in [-0.15, -0.1) is 0 Å². The Morgan fingerprint density at radius 2 is 1.90 bits per heavy atom. The van der Waals surface area contributed by atoms with E-state index in [0.717, 1.165) is 28.3 Å². The average Bonchev–Trinajstić information content (AvgIpc) is 2.74. The fourth-order valence-electron chi connectivity index (χ4n) is 2.91.